The van der Waals surface area contributed by atoms with E-state index in [1.54, 1.807) is 0 Å². The first kappa shape index (κ1) is 13.9. The third kappa shape index (κ3) is 3.48. The Morgan fingerprint density at radius 1 is 1.21 bits per heavy atom. The van der Waals surface area contributed by atoms with E-state index in [-0.39, 0.29) is 6.61 Å². The standard InChI is InChI=1S/C14H14F3NO/c15-14(16,17)10-19-6-5-13(9-18)7-11-3-1-2-4-12(11)8-13/h1-4H,5-8,10H2. The zero-order valence-corrected chi connectivity index (χ0v) is 10.3. The lowest BCUT2D eigenvalue weighted by molar-refractivity contribution is -0.175. The van der Waals surface area contributed by atoms with Crippen LogP contribution in [0.3, 0.4) is 0 Å². The third-order valence-corrected chi connectivity index (χ3v) is 3.40. The summed E-state index contributed by atoms with van der Waals surface area (Å²) in [6.07, 6.45) is -2.79. The highest BCUT2D eigenvalue weighted by Gasteiger charge is 2.37. The Morgan fingerprint density at radius 3 is 2.26 bits per heavy atom. The van der Waals surface area contributed by atoms with Crippen molar-refractivity contribution in [1.82, 2.24) is 0 Å². The van der Waals surface area contributed by atoms with Gasteiger partial charge in [0.15, 0.2) is 0 Å². The van der Waals surface area contributed by atoms with Crippen LogP contribution in [0.5, 0.6) is 0 Å². The van der Waals surface area contributed by atoms with Gasteiger partial charge >= 0.3 is 6.18 Å². The van der Waals surface area contributed by atoms with E-state index in [9.17, 15) is 18.4 Å². The molecule has 0 aliphatic heterocycles. The maximum atomic E-state index is 12.0. The summed E-state index contributed by atoms with van der Waals surface area (Å²) in [5, 5.41) is 9.32. The maximum absolute atomic E-state index is 12.0. The van der Waals surface area contributed by atoms with Gasteiger partial charge in [-0.25, -0.2) is 0 Å². The van der Waals surface area contributed by atoms with E-state index >= 15 is 0 Å². The molecule has 0 saturated carbocycles. The van der Waals surface area contributed by atoms with Crippen LogP contribution in [0, 0.1) is 16.7 Å². The van der Waals surface area contributed by atoms with Crippen molar-refractivity contribution in [2.45, 2.75) is 25.4 Å². The SMILES string of the molecule is N#CC1(CCOCC(F)(F)F)Cc2ccccc2C1. The van der Waals surface area contributed by atoms with E-state index in [4.69, 9.17) is 0 Å². The van der Waals surface area contributed by atoms with Crippen molar-refractivity contribution in [3.05, 3.63) is 35.4 Å². The van der Waals surface area contributed by atoms with E-state index in [2.05, 4.69) is 10.8 Å². The molecule has 0 fully saturated rings. The normalized spacial score (nSPS) is 16.9. The zero-order chi connectivity index (χ0) is 13.9. The Bertz CT molecular complexity index is 465. The number of rotatable bonds is 4. The van der Waals surface area contributed by atoms with Gasteiger partial charge in [0.1, 0.15) is 6.61 Å². The van der Waals surface area contributed by atoms with Crippen LogP contribution in [0.4, 0.5) is 13.2 Å². The highest BCUT2D eigenvalue weighted by molar-refractivity contribution is 5.36. The number of hydrogen-bond acceptors (Lipinski definition) is 2. The molecule has 0 amide bonds. The first-order valence-electron chi connectivity index (χ1n) is 6.07. The molecule has 102 valence electrons. The molecule has 0 unspecified atom stereocenters. The molecule has 0 atom stereocenters. The van der Waals surface area contributed by atoms with E-state index in [0.29, 0.717) is 19.3 Å². The van der Waals surface area contributed by atoms with Gasteiger partial charge in [-0.3, -0.25) is 0 Å². The fourth-order valence-corrected chi connectivity index (χ4v) is 2.46. The Morgan fingerprint density at radius 2 is 1.79 bits per heavy atom. The largest absolute Gasteiger partial charge is 0.411 e. The molecule has 0 aromatic heterocycles. The number of benzene rings is 1. The van der Waals surface area contributed by atoms with Crippen LogP contribution in [0.2, 0.25) is 0 Å². The molecule has 1 aliphatic carbocycles. The molecule has 1 aromatic rings. The minimum absolute atomic E-state index is 0.0406. The van der Waals surface area contributed by atoms with Gasteiger partial charge in [0, 0.05) is 6.61 Å². The summed E-state index contributed by atoms with van der Waals surface area (Å²) in [7, 11) is 0. The smallest absolute Gasteiger partial charge is 0.372 e. The number of halogens is 3. The second kappa shape index (κ2) is 5.22. The minimum Gasteiger partial charge on any atom is -0.372 e. The lowest BCUT2D eigenvalue weighted by atomic mass is 9.83. The van der Waals surface area contributed by atoms with E-state index in [1.165, 1.54) is 0 Å². The van der Waals surface area contributed by atoms with Crippen LogP contribution in [-0.2, 0) is 17.6 Å². The highest BCUT2D eigenvalue weighted by atomic mass is 19.4. The van der Waals surface area contributed by atoms with Crippen molar-refractivity contribution < 1.29 is 17.9 Å². The fourth-order valence-electron chi connectivity index (χ4n) is 2.46. The monoisotopic (exact) mass is 269 g/mol. The van der Waals surface area contributed by atoms with E-state index in [1.807, 2.05) is 24.3 Å². The van der Waals surface area contributed by atoms with Crippen LogP contribution in [0.25, 0.3) is 0 Å². The topological polar surface area (TPSA) is 33.0 Å². The van der Waals surface area contributed by atoms with Crippen LogP contribution in [0.15, 0.2) is 24.3 Å². The van der Waals surface area contributed by atoms with Crippen molar-refractivity contribution in [3.63, 3.8) is 0 Å². The predicted octanol–water partition coefficient (Wildman–Crippen LogP) is 3.26. The summed E-state index contributed by atoms with van der Waals surface area (Å²) in [5.41, 5.74) is 1.61. The lowest BCUT2D eigenvalue weighted by Gasteiger charge is -2.20. The van der Waals surface area contributed by atoms with Gasteiger partial charge in [-0.05, 0) is 30.4 Å². The van der Waals surface area contributed by atoms with Crippen molar-refractivity contribution in [2.24, 2.45) is 5.41 Å². The fraction of sp³-hybridized carbons (Fsp3) is 0.500. The van der Waals surface area contributed by atoms with Gasteiger partial charge in [0.25, 0.3) is 0 Å². The predicted molar refractivity (Wildman–Crippen MR) is 63.4 cm³/mol. The summed E-state index contributed by atoms with van der Waals surface area (Å²) in [4.78, 5) is 0. The number of fused-ring (bicyclic) bond motifs is 1. The van der Waals surface area contributed by atoms with Gasteiger partial charge in [-0.1, -0.05) is 24.3 Å². The zero-order valence-electron chi connectivity index (χ0n) is 10.3. The summed E-state index contributed by atoms with van der Waals surface area (Å²) >= 11 is 0. The Balaban J connectivity index is 1.91. The molecule has 0 radical (unpaired) electrons. The van der Waals surface area contributed by atoms with Crippen LogP contribution < -0.4 is 0 Å². The number of ether oxygens (including phenoxy) is 1. The van der Waals surface area contributed by atoms with Gasteiger partial charge in [0.2, 0.25) is 0 Å². The molecule has 0 N–H and O–H groups in total. The number of nitriles is 1. The minimum atomic E-state index is -4.31. The summed E-state index contributed by atoms with van der Waals surface area (Å²) < 4.78 is 40.5. The van der Waals surface area contributed by atoms with Gasteiger partial charge in [-0.15, -0.1) is 0 Å². The molecule has 0 saturated heterocycles. The summed E-state index contributed by atoms with van der Waals surface area (Å²) in [6, 6.07) is 10.0. The number of nitrogens with zero attached hydrogens (tertiary/aromatic N) is 1. The van der Waals surface area contributed by atoms with Gasteiger partial charge in [0.05, 0.1) is 11.5 Å². The van der Waals surface area contributed by atoms with Crippen LogP contribution in [0.1, 0.15) is 17.5 Å². The molecule has 0 heterocycles. The molecule has 19 heavy (non-hydrogen) atoms. The van der Waals surface area contributed by atoms with Crippen molar-refractivity contribution in [2.75, 3.05) is 13.2 Å². The molecule has 5 heteroatoms. The highest BCUT2D eigenvalue weighted by Crippen LogP contribution is 2.39. The number of hydrogen-bond donors (Lipinski definition) is 0. The molecule has 0 spiro atoms. The van der Waals surface area contributed by atoms with Gasteiger partial charge in [-0.2, -0.15) is 18.4 Å². The Hall–Kier alpha value is -1.54. The van der Waals surface area contributed by atoms with E-state index < -0.39 is 18.2 Å². The lowest BCUT2D eigenvalue weighted by Crippen LogP contribution is -2.24. The molecular formula is C14H14F3NO. The average molecular weight is 269 g/mol. The quantitative estimate of drug-likeness (QED) is 0.786. The molecule has 1 aromatic carbocycles. The average Bonchev–Trinajstić information content (AvgIpc) is 2.73. The van der Waals surface area contributed by atoms with Crippen molar-refractivity contribution in [3.8, 4) is 6.07 Å². The third-order valence-electron chi connectivity index (χ3n) is 3.40. The van der Waals surface area contributed by atoms with Gasteiger partial charge < -0.3 is 4.74 Å². The van der Waals surface area contributed by atoms with E-state index in [0.717, 1.165) is 11.1 Å². The first-order valence-corrected chi connectivity index (χ1v) is 6.07. The molecule has 2 rings (SSSR count). The number of alkyl halides is 3. The second-order valence-electron chi connectivity index (χ2n) is 4.93. The first-order chi connectivity index (χ1) is 8.94. The summed E-state index contributed by atoms with van der Waals surface area (Å²) in [6.45, 7) is -1.29. The molecule has 2 nitrogen and oxygen atoms in total. The van der Waals surface area contributed by atoms with Crippen molar-refractivity contribution >= 4 is 0 Å². The Labute approximate surface area is 109 Å². The van der Waals surface area contributed by atoms with Crippen LogP contribution >= 0.6 is 0 Å². The second-order valence-corrected chi connectivity index (χ2v) is 4.93. The maximum Gasteiger partial charge on any atom is 0.411 e. The van der Waals surface area contributed by atoms with Crippen molar-refractivity contribution in [1.29, 1.82) is 5.26 Å². The summed E-state index contributed by atoms with van der Waals surface area (Å²) in [5.74, 6) is 0. The molecule has 0 bridgehead atoms. The van der Waals surface area contributed by atoms with Crippen LogP contribution in [-0.4, -0.2) is 19.4 Å². The molecule has 1 aliphatic rings. The Kier molecular flexibility index (Phi) is 3.81. The molecular weight excluding hydrogens is 255 g/mol.